The zero-order valence-corrected chi connectivity index (χ0v) is 19.8. The highest BCUT2D eigenvalue weighted by molar-refractivity contribution is 14.0. The number of rotatable bonds is 8. The first-order valence-corrected chi connectivity index (χ1v) is 9.83. The molecule has 2 rings (SSSR count). The lowest BCUT2D eigenvalue weighted by Gasteiger charge is -2.21. The van der Waals surface area contributed by atoms with Gasteiger partial charge in [-0.05, 0) is 49.8 Å². The molecule has 0 amide bonds. The molecule has 0 spiro atoms. The average molecular weight is 503 g/mol. The van der Waals surface area contributed by atoms with E-state index in [9.17, 15) is 4.79 Å². The van der Waals surface area contributed by atoms with E-state index in [1.807, 2.05) is 12.1 Å². The maximum Gasteiger partial charge on any atom is 0.310 e. The van der Waals surface area contributed by atoms with Crippen LogP contribution in [0.15, 0.2) is 29.3 Å². The Hall–Kier alpha value is -1.51. The van der Waals surface area contributed by atoms with Crippen LogP contribution in [0.3, 0.4) is 0 Å². The molecule has 2 unspecified atom stereocenters. The number of unbranched alkanes of at least 4 members (excludes halogenated alkanes) is 1. The molecule has 1 aliphatic heterocycles. The number of aryl methyl sites for hydroxylation is 1. The predicted octanol–water partition coefficient (Wildman–Crippen LogP) is 3.34. The SMILES string of the molecule is CCNC(=NCCCCc1ccc(OC)cc1)N1CC(C)C(C(=O)OC)C1.I. The second-order valence-corrected chi connectivity index (χ2v) is 7.05. The fourth-order valence-corrected chi connectivity index (χ4v) is 3.44. The first-order valence-electron chi connectivity index (χ1n) is 9.83. The molecule has 1 aromatic rings. The Bertz CT molecular complexity index is 622. The maximum atomic E-state index is 11.9. The van der Waals surface area contributed by atoms with Gasteiger partial charge in [-0.1, -0.05) is 19.1 Å². The number of carbonyl (C=O) groups excluding carboxylic acids is 1. The number of carbonyl (C=O) groups is 1. The number of nitrogens with one attached hydrogen (secondary N) is 1. The molecule has 2 atom stereocenters. The summed E-state index contributed by atoms with van der Waals surface area (Å²) in [6, 6.07) is 8.24. The molecule has 1 aromatic carbocycles. The second-order valence-electron chi connectivity index (χ2n) is 7.05. The normalized spacial score (nSPS) is 19.1. The van der Waals surface area contributed by atoms with Crippen molar-refractivity contribution in [2.45, 2.75) is 33.1 Å². The van der Waals surface area contributed by atoms with Crippen LogP contribution in [-0.2, 0) is 16.0 Å². The monoisotopic (exact) mass is 503 g/mol. The van der Waals surface area contributed by atoms with Crippen LogP contribution < -0.4 is 10.1 Å². The first-order chi connectivity index (χ1) is 13.1. The van der Waals surface area contributed by atoms with Gasteiger partial charge < -0.3 is 19.7 Å². The van der Waals surface area contributed by atoms with E-state index in [4.69, 9.17) is 14.5 Å². The van der Waals surface area contributed by atoms with Crippen LogP contribution in [0.5, 0.6) is 5.75 Å². The average Bonchev–Trinajstić information content (AvgIpc) is 3.08. The molecule has 158 valence electrons. The number of guanidine groups is 1. The molecule has 28 heavy (non-hydrogen) atoms. The summed E-state index contributed by atoms with van der Waals surface area (Å²) in [5, 5.41) is 3.35. The van der Waals surface area contributed by atoms with Gasteiger partial charge >= 0.3 is 5.97 Å². The van der Waals surface area contributed by atoms with Crippen molar-refractivity contribution >= 4 is 35.9 Å². The van der Waals surface area contributed by atoms with Gasteiger partial charge in [0.15, 0.2) is 5.96 Å². The van der Waals surface area contributed by atoms with Crippen molar-refractivity contribution in [1.82, 2.24) is 10.2 Å². The molecule has 0 aliphatic carbocycles. The highest BCUT2D eigenvalue weighted by Crippen LogP contribution is 2.24. The lowest BCUT2D eigenvalue weighted by atomic mass is 9.99. The molecule has 1 aliphatic rings. The molecule has 0 bridgehead atoms. The first kappa shape index (κ1) is 24.5. The molecule has 1 fully saturated rings. The van der Waals surface area contributed by atoms with Crippen LogP contribution in [0, 0.1) is 11.8 Å². The second kappa shape index (κ2) is 12.9. The number of benzene rings is 1. The number of hydrogen-bond donors (Lipinski definition) is 1. The van der Waals surface area contributed by atoms with Crippen molar-refractivity contribution in [2.24, 2.45) is 16.8 Å². The Morgan fingerprint density at radius 2 is 1.93 bits per heavy atom. The summed E-state index contributed by atoms with van der Waals surface area (Å²) in [5.41, 5.74) is 1.32. The molecule has 0 saturated carbocycles. The Labute approximate surface area is 186 Å². The molecule has 1 N–H and O–H groups in total. The van der Waals surface area contributed by atoms with E-state index in [-0.39, 0.29) is 41.8 Å². The minimum absolute atomic E-state index is 0. The van der Waals surface area contributed by atoms with Gasteiger partial charge in [-0.15, -0.1) is 24.0 Å². The maximum absolute atomic E-state index is 11.9. The van der Waals surface area contributed by atoms with Gasteiger partial charge in [0.1, 0.15) is 5.75 Å². The van der Waals surface area contributed by atoms with Gasteiger partial charge in [-0.3, -0.25) is 9.79 Å². The van der Waals surface area contributed by atoms with Gasteiger partial charge in [-0.25, -0.2) is 0 Å². The van der Waals surface area contributed by atoms with Gasteiger partial charge in [0, 0.05) is 26.2 Å². The smallest absolute Gasteiger partial charge is 0.310 e. The molecule has 1 heterocycles. The zero-order valence-electron chi connectivity index (χ0n) is 17.4. The summed E-state index contributed by atoms with van der Waals surface area (Å²) in [7, 11) is 3.14. The van der Waals surface area contributed by atoms with Gasteiger partial charge in [0.2, 0.25) is 0 Å². The minimum Gasteiger partial charge on any atom is -0.497 e. The third kappa shape index (κ3) is 7.14. The summed E-state index contributed by atoms with van der Waals surface area (Å²) in [6.45, 7) is 7.27. The van der Waals surface area contributed by atoms with Crippen LogP contribution in [0.2, 0.25) is 0 Å². The summed E-state index contributed by atoms with van der Waals surface area (Å²) in [4.78, 5) is 18.9. The van der Waals surface area contributed by atoms with Gasteiger partial charge in [-0.2, -0.15) is 0 Å². The van der Waals surface area contributed by atoms with Crippen LogP contribution in [0.25, 0.3) is 0 Å². The van der Waals surface area contributed by atoms with Crippen LogP contribution >= 0.6 is 24.0 Å². The Morgan fingerprint density at radius 3 is 2.54 bits per heavy atom. The fraction of sp³-hybridized carbons (Fsp3) is 0.619. The van der Waals surface area contributed by atoms with E-state index in [0.717, 1.165) is 50.6 Å². The van der Waals surface area contributed by atoms with E-state index in [1.54, 1.807) is 7.11 Å². The number of halogens is 1. The van der Waals surface area contributed by atoms with E-state index >= 15 is 0 Å². The minimum atomic E-state index is -0.125. The number of aliphatic imine (C=N–C) groups is 1. The number of esters is 1. The third-order valence-corrected chi connectivity index (χ3v) is 5.04. The van der Waals surface area contributed by atoms with Crippen LogP contribution in [-0.4, -0.2) is 57.2 Å². The summed E-state index contributed by atoms with van der Waals surface area (Å²) in [5.74, 6) is 1.87. The van der Waals surface area contributed by atoms with Gasteiger partial charge in [0.05, 0.1) is 20.1 Å². The summed E-state index contributed by atoms with van der Waals surface area (Å²) in [6.07, 6.45) is 3.17. The van der Waals surface area contributed by atoms with Crippen molar-refractivity contribution in [3.8, 4) is 5.75 Å². The molecule has 0 radical (unpaired) electrons. The lowest BCUT2D eigenvalue weighted by Crippen LogP contribution is -2.40. The summed E-state index contributed by atoms with van der Waals surface area (Å²) >= 11 is 0. The molecule has 0 aromatic heterocycles. The molecule has 1 saturated heterocycles. The lowest BCUT2D eigenvalue weighted by molar-refractivity contribution is -0.145. The highest BCUT2D eigenvalue weighted by atomic mass is 127. The Balaban J connectivity index is 0.00000392. The Kier molecular flexibility index (Phi) is 11.3. The number of ether oxygens (including phenoxy) is 2. The van der Waals surface area contributed by atoms with E-state index in [1.165, 1.54) is 12.7 Å². The summed E-state index contributed by atoms with van der Waals surface area (Å²) < 4.78 is 10.1. The number of methoxy groups -OCH3 is 2. The predicted molar refractivity (Wildman–Crippen MR) is 124 cm³/mol. The van der Waals surface area contributed by atoms with Crippen molar-refractivity contribution in [3.05, 3.63) is 29.8 Å². The Morgan fingerprint density at radius 1 is 1.21 bits per heavy atom. The largest absolute Gasteiger partial charge is 0.497 e. The molecular formula is C21H34IN3O3. The van der Waals surface area contributed by atoms with Crippen molar-refractivity contribution < 1.29 is 14.3 Å². The van der Waals surface area contributed by atoms with Crippen molar-refractivity contribution in [1.29, 1.82) is 0 Å². The van der Waals surface area contributed by atoms with Crippen molar-refractivity contribution in [3.63, 3.8) is 0 Å². The molecule has 7 heteroatoms. The highest BCUT2D eigenvalue weighted by Gasteiger charge is 2.36. The zero-order chi connectivity index (χ0) is 19.6. The number of hydrogen-bond acceptors (Lipinski definition) is 4. The number of nitrogens with zero attached hydrogens (tertiary/aromatic N) is 2. The van der Waals surface area contributed by atoms with Crippen molar-refractivity contribution in [2.75, 3.05) is 40.4 Å². The third-order valence-electron chi connectivity index (χ3n) is 5.04. The van der Waals surface area contributed by atoms with Crippen LogP contribution in [0.1, 0.15) is 32.3 Å². The van der Waals surface area contributed by atoms with E-state index in [2.05, 4.69) is 36.2 Å². The van der Waals surface area contributed by atoms with Gasteiger partial charge in [0.25, 0.3) is 0 Å². The standard InChI is InChI=1S/C21H33N3O3.HI/c1-5-22-21(24-14-16(2)19(15-24)20(25)27-4)23-13-7-6-8-17-9-11-18(26-3)12-10-17;/h9-12,16,19H,5-8,13-15H2,1-4H3,(H,22,23);1H. The quantitative estimate of drug-likeness (QED) is 0.194. The fourth-order valence-electron chi connectivity index (χ4n) is 3.44. The molecule has 6 nitrogen and oxygen atoms in total. The van der Waals surface area contributed by atoms with Crippen LogP contribution in [0.4, 0.5) is 0 Å². The topological polar surface area (TPSA) is 63.2 Å². The number of likely N-dealkylation sites (tertiary alicyclic amines) is 1. The van der Waals surface area contributed by atoms with E-state index < -0.39 is 0 Å². The molecular weight excluding hydrogens is 469 g/mol. The van der Waals surface area contributed by atoms with E-state index in [0.29, 0.717) is 6.54 Å².